The fourth-order valence-electron chi connectivity index (χ4n) is 3.25. The van der Waals surface area contributed by atoms with E-state index in [2.05, 4.69) is 5.32 Å². The van der Waals surface area contributed by atoms with Crippen molar-refractivity contribution in [3.05, 3.63) is 65.2 Å². The van der Waals surface area contributed by atoms with Gasteiger partial charge in [-0.3, -0.25) is 10.3 Å². The normalized spacial score (nSPS) is 18.4. The molecule has 2 aromatic carbocycles. The molecule has 0 saturated carbocycles. The van der Waals surface area contributed by atoms with Crippen molar-refractivity contribution in [1.29, 1.82) is 5.41 Å². The smallest absolute Gasteiger partial charge is 0.414 e. The highest BCUT2D eigenvalue weighted by atomic mass is 16.6. The zero-order valence-electron chi connectivity index (χ0n) is 15.6. The number of ether oxygens (including phenoxy) is 1. The van der Waals surface area contributed by atoms with Crippen molar-refractivity contribution in [3.63, 3.8) is 0 Å². The van der Waals surface area contributed by atoms with Crippen LogP contribution in [0.5, 0.6) is 0 Å². The van der Waals surface area contributed by atoms with Gasteiger partial charge in [-0.25, -0.2) is 9.59 Å². The molecule has 8 heteroatoms. The van der Waals surface area contributed by atoms with E-state index in [1.165, 1.54) is 17.0 Å². The third kappa shape index (κ3) is 3.41. The van der Waals surface area contributed by atoms with Crippen LogP contribution < -0.4 is 16.0 Å². The molecule has 1 amide bonds. The van der Waals surface area contributed by atoms with Crippen LogP contribution in [0.4, 0.5) is 10.5 Å². The Morgan fingerprint density at radius 3 is 2.29 bits per heavy atom. The molecule has 28 heavy (non-hydrogen) atoms. The largest absolute Gasteiger partial charge is 0.478 e. The van der Waals surface area contributed by atoms with Crippen LogP contribution in [-0.2, 0) is 10.3 Å². The first-order chi connectivity index (χ1) is 13.3. The molecule has 8 nitrogen and oxygen atoms in total. The van der Waals surface area contributed by atoms with Gasteiger partial charge in [0.15, 0.2) is 0 Å². The first-order valence-electron chi connectivity index (χ1n) is 8.71. The lowest BCUT2D eigenvalue weighted by molar-refractivity contribution is 0.0696. The minimum atomic E-state index is -0.995. The van der Waals surface area contributed by atoms with Crippen LogP contribution in [0.25, 0.3) is 0 Å². The van der Waals surface area contributed by atoms with Crippen molar-refractivity contribution in [1.82, 2.24) is 5.32 Å². The molecular weight excluding hydrogens is 360 g/mol. The number of amides is 1. The fraction of sp³-hybridized carbons (Fsp3) is 0.250. The number of hydrogen-bond acceptors (Lipinski definition) is 5. The summed E-state index contributed by atoms with van der Waals surface area (Å²) in [5, 5.41) is 19.7. The average Bonchev–Trinajstić information content (AvgIpc) is 3.09. The minimum absolute atomic E-state index is 0.0407. The summed E-state index contributed by atoms with van der Waals surface area (Å²) < 4.78 is 5.64. The summed E-state index contributed by atoms with van der Waals surface area (Å²) in [5.41, 5.74) is 6.99. The number of anilines is 1. The maximum absolute atomic E-state index is 12.5. The molecule has 2 aromatic rings. The van der Waals surface area contributed by atoms with Crippen LogP contribution in [0.15, 0.2) is 48.5 Å². The molecule has 0 spiro atoms. The Balaban J connectivity index is 1.85. The molecule has 1 aliphatic rings. The number of carboxylic acid groups (broad SMARTS) is 1. The van der Waals surface area contributed by atoms with Gasteiger partial charge in [0.25, 0.3) is 0 Å². The molecular formula is C20H22N4O4. The van der Waals surface area contributed by atoms with Crippen molar-refractivity contribution >= 4 is 23.6 Å². The maximum Gasteiger partial charge on any atom is 0.414 e. The number of nitrogens with zero attached hydrogens (tertiary/aromatic N) is 1. The van der Waals surface area contributed by atoms with Gasteiger partial charge in [0.1, 0.15) is 11.9 Å². The van der Waals surface area contributed by atoms with Crippen LogP contribution in [0.1, 0.15) is 28.4 Å². The second kappa shape index (κ2) is 7.32. The molecule has 0 aromatic heterocycles. The number of aromatic carboxylic acids is 1. The van der Waals surface area contributed by atoms with Crippen molar-refractivity contribution in [2.75, 3.05) is 18.5 Å². The maximum atomic E-state index is 12.5. The van der Waals surface area contributed by atoms with Crippen molar-refractivity contribution in [3.8, 4) is 0 Å². The lowest BCUT2D eigenvalue weighted by atomic mass is 9.85. The number of nitrogen functional groups attached to an aromatic ring is 1. The van der Waals surface area contributed by atoms with E-state index in [-0.39, 0.29) is 11.4 Å². The summed E-state index contributed by atoms with van der Waals surface area (Å²) in [7, 11) is 1.77. The molecule has 1 saturated heterocycles. The predicted molar refractivity (Wildman–Crippen MR) is 105 cm³/mol. The van der Waals surface area contributed by atoms with E-state index in [9.17, 15) is 9.59 Å². The van der Waals surface area contributed by atoms with E-state index in [0.717, 1.165) is 5.56 Å². The number of cyclic esters (lactones) is 1. The minimum Gasteiger partial charge on any atom is -0.478 e. The van der Waals surface area contributed by atoms with E-state index in [1.54, 1.807) is 43.4 Å². The van der Waals surface area contributed by atoms with Crippen molar-refractivity contribution in [2.24, 2.45) is 5.73 Å². The van der Waals surface area contributed by atoms with E-state index >= 15 is 0 Å². The lowest BCUT2D eigenvalue weighted by Crippen LogP contribution is -2.49. The molecule has 2 unspecified atom stereocenters. The highest BCUT2D eigenvalue weighted by Crippen LogP contribution is 2.33. The molecule has 1 fully saturated rings. The van der Waals surface area contributed by atoms with Gasteiger partial charge in [-0.1, -0.05) is 12.1 Å². The monoisotopic (exact) mass is 382 g/mol. The number of carboxylic acids is 1. The average molecular weight is 382 g/mol. The number of hydrogen-bond donors (Lipinski definition) is 4. The van der Waals surface area contributed by atoms with Crippen molar-refractivity contribution in [2.45, 2.75) is 18.6 Å². The van der Waals surface area contributed by atoms with E-state index in [4.69, 9.17) is 21.0 Å². The topological polar surface area (TPSA) is 129 Å². The van der Waals surface area contributed by atoms with Gasteiger partial charge in [-0.2, -0.15) is 0 Å². The zero-order chi connectivity index (χ0) is 20.5. The summed E-state index contributed by atoms with van der Waals surface area (Å²) in [4.78, 5) is 25.1. The summed E-state index contributed by atoms with van der Waals surface area (Å²) in [6, 6.07) is 13.3. The van der Waals surface area contributed by atoms with Gasteiger partial charge in [0.05, 0.1) is 17.6 Å². The molecule has 3 rings (SSSR count). The SMILES string of the molecule is CNC(C)(c1ccc(C(=O)O)cc1)C1CN(c2ccc(C(=N)N)cc2)C(=O)O1. The van der Waals surface area contributed by atoms with Crippen LogP contribution in [-0.4, -0.2) is 42.7 Å². The van der Waals surface area contributed by atoms with Gasteiger partial charge in [-0.15, -0.1) is 0 Å². The summed E-state index contributed by atoms with van der Waals surface area (Å²) in [6.07, 6.45) is -0.961. The third-order valence-corrected chi connectivity index (χ3v) is 5.20. The number of carbonyl (C=O) groups excluding carboxylic acids is 1. The first-order valence-corrected chi connectivity index (χ1v) is 8.71. The van der Waals surface area contributed by atoms with E-state index < -0.39 is 23.7 Å². The highest BCUT2D eigenvalue weighted by molar-refractivity contribution is 5.96. The lowest BCUT2D eigenvalue weighted by Gasteiger charge is -2.34. The summed E-state index contributed by atoms with van der Waals surface area (Å²) in [5.74, 6) is -1.04. The quantitative estimate of drug-likeness (QED) is 0.447. The number of rotatable bonds is 6. The number of benzene rings is 2. The van der Waals surface area contributed by atoms with E-state index in [1.807, 2.05) is 6.92 Å². The molecule has 2 atom stereocenters. The molecule has 146 valence electrons. The fourth-order valence-corrected chi connectivity index (χ4v) is 3.25. The van der Waals surface area contributed by atoms with Crippen LogP contribution in [0.3, 0.4) is 0 Å². The Hall–Kier alpha value is -3.39. The number of nitrogens with two attached hydrogens (primary N) is 1. The third-order valence-electron chi connectivity index (χ3n) is 5.20. The number of nitrogens with one attached hydrogen (secondary N) is 2. The van der Waals surface area contributed by atoms with Crippen LogP contribution in [0.2, 0.25) is 0 Å². The second-order valence-corrected chi connectivity index (χ2v) is 6.78. The predicted octanol–water partition coefficient (Wildman–Crippen LogP) is 2.13. The number of amidine groups is 1. The van der Waals surface area contributed by atoms with E-state index in [0.29, 0.717) is 17.8 Å². The zero-order valence-corrected chi connectivity index (χ0v) is 15.6. The molecule has 1 aliphatic heterocycles. The summed E-state index contributed by atoms with van der Waals surface area (Å²) >= 11 is 0. The molecule has 1 heterocycles. The van der Waals surface area contributed by atoms with Gasteiger partial charge in [-0.05, 0) is 55.9 Å². The second-order valence-electron chi connectivity index (χ2n) is 6.78. The van der Waals surface area contributed by atoms with Crippen molar-refractivity contribution < 1.29 is 19.4 Å². The van der Waals surface area contributed by atoms with Crippen LogP contribution >= 0.6 is 0 Å². The molecule has 0 bridgehead atoms. The highest BCUT2D eigenvalue weighted by Gasteiger charge is 2.45. The number of likely N-dealkylation sites (N-methyl/N-ethyl adjacent to an activating group) is 1. The first kappa shape index (κ1) is 19.4. The molecule has 0 aliphatic carbocycles. The van der Waals surface area contributed by atoms with Gasteiger partial charge >= 0.3 is 12.1 Å². The number of carbonyl (C=O) groups is 2. The Morgan fingerprint density at radius 2 is 1.79 bits per heavy atom. The Kier molecular flexibility index (Phi) is 5.06. The molecule has 5 N–H and O–H groups in total. The summed E-state index contributed by atoms with van der Waals surface area (Å²) in [6.45, 7) is 2.22. The van der Waals surface area contributed by atoms with Gasteiger partial charge in [0, 0.05) is 11.3 Å². The Morgan fingerprint density at radius 1 is 1.21 bits per heavy atom. The Labute approximate surface area is 162 Å². The Bertz CT molecular complexity index is 911. The van der Waals surface area contributed by atoms with Gasteiger partial charge < -0.3 is 20.9 Å². The van der Waals surface area contributed by atoms with Gasteiger partial charge in [0.2, 0.25) is 0 Å². The van der Waals surface area contributed by atoms with Crippen LogP contribution in [0, 0.1) is 5.41 Å². The molecule has 0 radical (unpaired) electrons. The standard InChI is InChI=1S/C20H22N4O4/c1-20(23-2,14-7-3-13(4-8-14)18(25)26)16-11-24(19(27)28-16)15-9-5-12(6-10-15)17(21)22/h3-10,16,23H,11H2,1-2H3,(H3,21,22)(H,25,26).